The first-order valence-electron chi connectivity index (χ1n) is 1.33. The van der Waals surface area contributed by atoms with Crippen molar-refractivity contribution >= 4 is 43.9 Å². The molecule has 0 aromatic carbocycles. The van der Waals surface area contributed by atoms with Crippen molar-refractivity contribution in [3.05, 3.63) is 0 Å². The second-order valence-corrected chi connectivity index (χ2v) is 2.45. The summed E-state index contributed by atoms with van der Waals surface area (Å²) in [6, 6.07) is 0. The zero-order chi connectivity index (χ0) is 9.00. The first-order chi connectivity index (χ1) is 4.00. The van der Waals surface area contributed by atoms with Crippen LogP contribution in [0.25, 0.3) is 0 Å². The third-order valence-electron chi connectivity index (χ3n) is 0. The Morgan fingerprint density at radius 3 is 0.615 bits per heavy atom. The molecule has 0 atom stereocenters. The van der Waals surface area contributed by atoms with Crippen LogP contribution in [0.3, 0.4) is 0 Å². The molecule has 0 N–H and O–H groups in total. The van der Waals surface area contributed by atoms with Crippen molar-refractivity contribution in [2.24, 2.45) is 0 Å². The van der Waals surface area contributed by atoms with Gasteiger partial charge in [0.2, 0.25) is 0 Å². The summed E-state index contributed by atoms with van der Waals surface area (Å²) in [4.78, 5) is 0. The monoisotopic (exact) mass is 386 g/mol. The summed E-state index contributed by atoms with van der Waals surface area (Å²) < 4.78 is 68.2. The average Bonchev–Trinajstić information content (AvgIpc) is 1.12. The Balaban J connectivity index is -0.0000000267. The number of hydrogen-bond donors (Lipinski definition) is 0. The molecule has 0 radical (unpaired) electrons. The standard InChI is InChI=1S/Mg.2H2O4S.2Rb/c;2*1-5(2,3)4;;/h;2*(H2,1,2,3,4);;/q+2;;;2*+1/p-4. The largest absolute Gasteiger partial charge is 2.00 e. The zero-order valence-corrected chi connectivity index (χ0v) is 19.7. The van der Waals surface area contributed by atoms with Gasteiger partial charge in [0.15, 0.2) is 0 Å². The third kappa shape index (κ3) is 190. The first kappa shape index (κ1) is 30.3. The quantitative estimate of drug-likeness (QED) is 0.225. The molecule has 0 bridgehead atoms. The maximum Gasteiger partial charge on any atom is 2.00 e. The van der Waals surface area contributed by atoms with Gasteiger partial charge in [-0.05, 0) is 0 Å². The van der Waals surface area contributed by atoms with Crippen LogP contribution >= 0.6 is 0 Å². The summed E-state index contributed by atoms with van der Waals surface area (Å²) in [6.07, 6.45) is 0. The van der Waals surface area contributed by atoms with Gasteiger partial charge in [-0.15, -0.1) is 0 Å². The van der Waals surface area contributed by atoms with Crippen LogP contribution in [0.1, 0.15) is 0 Å². The second-order valence-electron chi connectivity index (χ2n) is 0.816. The van der Waals surface area contributed by atoms with Crippen LogP contribution in [0.4, 0.5) is 0 Å². The summed E-state index contributed by atoms with van der Waals surface area (Å²) in [5.74, 6) is 0. The Hall–Kier alpha value is 4.12. The van der Waals surface area contributed by atoms with Gasteiger partial charge in [-0.1, -0.05) is 0 Å². The van der Waals surface area contributed by atoms with Crippen LogP contribution in [-0.2, 0) is 20.8 Å². The second kappa shape index (κ2) is 14.2. The van der Waals surface area contributed by atoms with Crippen molar-refractivity contribution < 1.29 is 151 Å². The minimum Gasteiger partial charge on any atom is -0.759 e. The van der Waals surface area contributed by atoms with E-state index in [9.17, 15) is 0 Å². The van der Waals surface area contributed by atoms with Crippen LogP contribution < -0.4 is 116 Å². The van der Waals surface area contributed by atoms with E-state index >= 15 is 0 Å². The fourth-order valence-corrected chi connectivity index (χ4v) is 0. The average molecular weight is 387 g/mol. The first-order valence-corrected chi connectivity index (χ1v) is 4.00. The van der Waals surface area contributed by atoms with Crippen LogP contribution in [0.5, 0.6) is 0 Å². The molecule has 0 saturated heterocycles. The molecular formula is MgO8Rb2S2. The van der Waals surface area contributed by atoms with Gasteiger partial charge in [0, 0.05) is 20.8 Å². The van der Waals surface area contributed by atoms with Crippen molar-refractivity contribution in [2.75, 3.05) is 0 Å². The van der Waals surface area contributed by atoms with E-state index < -0.39 is 20.8 Å². The van der Waals surface area contributed by atoms with E-state index in [-0.39, 0.29) is 139 Å². The van der Waals surface area contributed by atoms with E-state index in [0.29, 0.717) is 0 Å². The van der Waals surface area contributed by atoms with Gasteiger partial charge < -0.3 is 18.2 Å². The molecule has 64 valence electrons. The fourth-order valence-electron chi connectivity index (χ4n) is 0. The molecule has 0 unspecified atom stereocenters. The Morgan fingerprint density at radius 1 is 0.615 bits per heavy atom. The molecule has 13 heavy (non-hydrogen) atoms. The molecule has 0 amide bonds. The van der Waals surface area contributed by atoms with Crippen molar-refractivity contribution in [1.29, 1.82) is 0 Å². The summed E-state index contributed by atoms with van der Waals surface area (Å²) >= 11 is 0. The Bertz CT molecular complexity index is 217. The SMILES string of the molecule is O=S(=O)([O-])[O-].O=S(=O)([O-])[O-].[Mg+2].[Rb+].[Rb+]. The molecule has 0 heterocycles. The number of rotatable bonds is 0. The molecule has 0 aliphatic carbocycles. The molecule has 0 spiro atoms. The summed E-state index contributed by atoms with van der Waals surface area (Å²) in [7, 11) is -10.3. The van der Waals surface area contributed by atoms with Crippen molar-refractivity contribution in [3.8, 4) is 0 Å². The Labute approximate surface area is 189 Å². The van der Waals surface area contributed by atoms with E-state index in [4.69, 9.17) is 35.0 Å². The van der Waals surface area contributed by atoms with Gasteiger partial charge in [-0.3, -0.25) is 16.8 Å². The molecule has 13 heteroatoms. The van der Waals surface area contributed by atoms with Crippen LogP contribution in [-0.4, -0.2) is 58.1 Å². The maximum absolute atomic E-state index is 8.52. The van der Waals surface area contributed by atoms with Crippen LogP contribution in [0.2, 0.25) is 0 Å². The molecule has 0 aromatic heterocycles. The van der Waals surface area contributed by atoms with Gasteiger partial charge in [0.1, 0.15) is 0 Å². The zero-order valence-electron chi connectivity index (χ0n) is 6.79. The third-order valence-corrected chi connectivity index (χ3v) is 0. The molecule has 0 rings (SSSR count). The minimum atomic E-state index is -5.17. The van der Waals surface area contributed by atoms with Crippen molar-refractivity contribution in [2.45, 2.75) is 0 Å². The van der Waals surface area contributed by atoms with Gasteiger partial charge in [-0.2, -0.15) is 0 Å². The van der Waals surface area contributed by atoms with Crippen LogP contribution in [0, 0.1) is 0 Å². The van der Waals surface area contributed by atoms with E-state index in [1.165, 1.54) is 0 Å². The van der Waals surface area contributed by atoms with Gasteiger partial charge in [-0.25, -0.2) is 0 Å². The van der Waals surface area contributed by atoms with Crippen molar-refractivity contribution in [3.63, 3.8) is 0 Å². The number of hydrogen-bond acceptors (Lipinski definition) is 8. The van der Waals surface area contributed by atoms with Gasteiger partial charge >= 0.3 is 139 Å². The molecule has 0 aliphatic rings. The molecule has 0 fully saturated rings. The van der Waals surface area contributed by atoms with E-state index in [1.807, 2.05) is 0 Å². The predicted octanol–water partition coefficient (Wildman–Crippen LogP) is -9.05. The summed E-state index contributed by atoms with van der Waals surface area (Å²) in [6.45, 7) is 0. The molecular weight excluding hydrogens is 387 g/mol. The van der Waals surface area contributed by atoms with E-state index in [1.54, 1.807) is 0 Å². The molecule has 0 aliphatic heterocycles. The molecule has 8 nitrogen and oxygen atoms in total. The summed E-state index contributed by atoms with van der Waals surface area (Å²) in [5, 5.41) is 0. The van der Waals surface area contributed by atoms with Gasteiger partial charge in [0.05, 0.1) is 0 Å². The Kier molecular flexibility index (Phi) is 33.0. The van der Waals surface area contributed by atoms with Gasteiger partial charge in [0.25, 0.3) is 0 Å². The topological polar surface area (TPSA) is 161 Å². The minimum absolute atomic E-state index is 0. The van der Waals surface area contributed by atoms with E-state index in [0.717, 1.165) is 0 Å². The summed E-state index contributed by atoms with van der Waals surface area (Å²) in [5.41, 5.74) is 0. The Morgan fingerprint density at radius 2 is 0.615 bits per heavy atom. The maximum atomic E-state index is 8.52. The fraction of sp³-hybridized carbons (Fsp3) is 0. The predicted molar refractivity (Wildman–Crippen MR) is 26.7 cm³/mol. The normalized spacial score (nSPS) is 8.92. The molecule has 0 aromatic rings. The molecule has 0 saturated carbocycles. The van der Waals surface area contributed by atoms with Crippen LogP contribution in [0.15, 0.2) is 0 Å². The van der Waals surface area contributed by atoms with Crippen molar-refractivity contribution in [1.82, 2.24) is 0 Å². The van der Waals surface area contributed by atoms with E-state index in [2.05, 4.69) is 0 Å². The smallest absolute Gasteiger partial charge is 0.759 e.